The molecule has 2 rings (SSSR count). The Bertz CT molecular complexity index is 612. The number of allylic oxidation sites excluding steroid dienone is 1. The Morgan fingerprint density at radius 2 is 1.71 bits per heavy atom. The Hall–Kier alpha value is -1.67. The molecule has 0 fully saturated rings. The van der Waals surface area contributed by atoms with Crippen LogP contribution in [0.25, 0.3) is 5.57 Å². The summed E-state index contributed by atoms with van der Waals surface area (Å²) < 4.78 is 12.5. The standard InChI is InChI=1S/C19H22OS/c1-3-4-8-18(17-9-6-5-7-10-17)15-21(20)19-13-11-16(2)12-14-19/h5-7,9-15H,3-4,8H2,1-2H3/b18-15-/t21-/m1/s1. The predicted molar refractivity (Wildman–Crippen MR) is 91.5 cm³/mol. The van der Waals surface area contributed by atoms with Crippen LogP contribution in [0, 0.1) is 6.92 Å². The molecule has 0 saturated carbocycles. The van der Waals surface area contributed by atoms with Crippen LogP contribution in [0.4, 0.5) is 0 Å². The van der Waals surface area contributed by atoms with Crippen molar-refractivity contribution in [3.63, 3.8) is 0 Å². The third-order valence-corrected chi connectivity index (χ3v) is 4.68. The minimum atomic E-state index is -1.09. The lowest BCUT2D eigenvalue weighted by Gasteiger charge is -2.08. The molecule has 1 nitrogen and oxygen atoms in total. The van der Waals surface area contributed by atoms with Gasteiger partial charge in [0.1, 0.15) is 0 Å². The van der Waals surface area contributed by atoms with Gasteiger partial charge in [-0.25, -0.2) is 4.21 Å². The topological polar surface area (TPSA) is 17.1 Å². The minimum Gasteiger partial charge on any atom is -0.250 e. The van der Waals surface area contributed by atoms with Gasteiger partial charge in [0.05, 0.1) is 10.8 Å². The second-order valence-electron chi connectivity index (χ2n) is 5.22. The third kappa shape index (κ3) is 4.68. The number of unbranched alkanes of at least 4 members (excludes halogenated alkanes) is 1. The van der Waals surface area contributed by atoms with Crippen molar-refractivity contribution in [1.29, 1.82) is 0 Å². The van der Waals surface area contributed by atoms with Crippen molar-refractivity contribution in [2.45, 2.75) is 38.0 Å². The Morgan fingerprint density at radius 1 is 1.05 bits per heavy atom. The van der Waals surface area contributed by atoms with Crippen LogP contribution >= 0.6 is 0 Å². The van der Waals surface area contributed by atoms with Gasteiger partial charge in [-0.15, -0.1) is 0 Å². The van der Waals surface area contributed by atoms with Gasteiger partial charge in [-0.05, 0) is 43.0 Å². The molecule has 0 aliphatic carbocycles. The van der Waals surface area contributed by atoms with Crippen molar-refractivity contribution in [3.05, 3.63) is 71.1 Å². The summed E-state index contributed by atoms with van der Waals surface area (Å²) in [5.74, 6) is 0. The van der Waals surface area contributed by atoms with Gasteiger partial charge in [0.25, 0.3) is 0 Å². The molecule has 2 aromatic rings. The molecule has 0 amide bonds. The highest BCUT2D eigenvalue weighted by atomic mass is 32.2. The molecular formula is C19H22OS. The van der Waals surface area contributed by atoms with E-state index in [0.29, 0.717) is 0 Å². The number of rotatable bonds is 6. The fraction of sp³-hybridized carbons (Fsp3) is 0.263. The van der Waals surface area contributed by atoms with Crippen molar-refractivity contribution in [2.75, 3.05) is 0 Å². The highest BCUT2D eigenvalue weighted by Crippen LogP contribution is 2.23. The van der Waals surface area contributed by atoms with Crippen molar-refractivity contribution < 1.29 is 4.21 Å². The van der Waals surface area contributed by atoms with Gasteiger partial charge in [-0.1, -0.05) is 61.4 Å². The number of aryl methyl sites for hydroxylation is 1. The van der Waals surface area contributed by atoms with Gasteiger partial charge in [0.2, 0.25) is 0 Å². The Kier molecular flexibility index (Phi) is 5.94. The Labute approximate surface area is 130 Å². The lowest BCUT2D eigenvalue weighted by atomic mass is 10.0. The van der Waals surface area contributed by atoms with E-state index in [1.807, 2.05) is 54.8 Å². The summed E-state index contributed by atoms with van der Waals surface area (Å²) in [6.45, 7) is 4.22. The summed E-state index contributed by atoms with van der Waals surface area (Å²) in [6, 6.07) is 18.2. The lowest BCUT2D eigenvalue weighted by molar-refractivity contribution is 0.688. The molecule has 0 radical (unpaired) electrons. The quantitative estimate of drug-likeness (QED) is 0.704. The summed E-state index contributed by atoms with van der Waals surface area (Å²) in [6.07, 6.45) is 3.23. The van der Waals surface area contributed by atoms with E-state index >= 15 is 0 Å². The van der Waals surface area contributed by atoms with Crippen LogP contribution in [0.3, 0.4) is 0 Å². The second kappa shape index (κ2) is 7.94. The van der Waals surface area contributed by atoms with Gasteiger partial charge in [-0.3, -0.25) is 0 Å². The SMILES string of the molecule is CCCC/C(=C/[S@@](=O)c1ccc(C)cc1)c1ccccc1. The maximum Gasteiger partial charge on any atom is 0.0778 e. The molecule has 0 bridgehead atoms. The van der Waals surface area contributed by atoms with Gasteiger partial charge in [-0.2, -0.15) is 0 Å². The van der Waals surface area contributed by atoms with E-state index in [9.17, 15) is 4.21 Å². The monoisotopic (exact) mass is 298 g/mol. The van der Waals surface area contributed by atoms with Gasteiger partial charge >= 0.3 is 0 Å². The van der Waals surface area contributed by atoms with Gasteiger partial charge in [0.15, 0.2) is 0 Å². The first-order valence-electron chi connectivity index (χ1n) is 7.44. The van der Waals surface area contributed by atoms with E-state index in [2.05, 4.69) is 19.1 Å². The molecule has 0 spiro atoms. The summed E-state index contributed by atoms with van der Waals surface area (Å²) in [7, 11) is -1.09. The average molecular weight is 298 g/mol. The zero-order valence-corrected chi connectivity index (χ0v) is 13.5. The van der Waals surface area contributed by atoms with Crippen molar-refractivity contribution >= 4 is 16.4 Å². The van der Waals surface area contributed by atoms with Crippen LogP contribution in [0.5, 0.6) is 0 Å². The summed E-state index contributed by atoms with van der Waals surface area (Å²) in [5.41, 5.74) is 3.54. The molecule has 110 valence electrons. The number of benzene rings is 2. The summed E-state index contributed by atoms with van der Waals surface area (Å²) >= 11 is 0. The fourth-order valence-electron chi connectivity index (χ4n) is 2.16. The van der Waals surface area contributed by atoms with E-state index in [-0.39, 0.29) is 0 Å². The van der Waals surface area contributed by atoms with E-state index in [1.54, 1.807) is 0 Å². The molecule has 2 aromatic carbocycles. The molecule has 21 heavy (non-hydrogen) atoms. The average Bonchev–Trinajstić information content (AvgIpc) is 2.52. The van der Waals surface area contributed by atoms with E-state index in [1.165, 1.54) is 16.7 Å². The second-order valence-corrected chi connectivity index (χ2v) is 6.53. The smallest absolute Gasteiger partial charge is 0.0778 e. The maximum atomic E-state index is 12.5. The zero-order valence-electron chi connectivity index (χ0n) is 12.7. The molecule has 0 aliphatic rings. The molecule has 0 unspecified atom stereocenters. The first kappa shape index (κ1) is 15.7. The van der Waals surface area contributed by atoms with Gasteiger partial charge < -0.3 is 0 Å². The predicted octanol–water partition coefficient (Wildman–Crippen LogP) is 5.33. The molecule has 0 saturated heterocycles. The van der Waals surface area contributed by atoms with Crippen LogP contribution in [0.15, 0.2) is 64.9 Å². The maximum absolute atomic E-state index is 12.5. The van der Waals surface area contributed by atoms with Crippen molar-refractivity contribution in [3.8, 4) is 0 Å². The first-order chi connectivity index (χ1) is 10.2. The largest absolute Gasteiger partial charge is 0.250 e. The third-order valence-electron chi connectivity index (χ3n) is 3.45. The van der Waals surface area contributed by atoms with E-state index in [0.717, 1.165) is 24.2 Å². The highest BCUT2D eigenvalue weighted by molar-refractivity contribution is 7.88. The molecule has 0 aromatic heterocycles. The Balaban J connectivity index is 2.27. The summed E-state index contributed by atoms with van der Waals surface area (Å²) in [5, 5.41) is 1.91. The van der Waals surface area contributed by atoms with Crippen LogP contribution < -0.4 is 0 Å². The molecule has 0 aliphatic heterocycles. The van der Waals surface area contributed by atoms with E-state index < -0.39 is 10.8 Å². The van der Waals surface area contributed by atoms with Crippen molar-refractivity contribution in [1.82, 2.24) is 0 Å². The van der Waals surface area contributed by atoms with Crippen LogP contribution in [0.1, 0.15) is 37.3 Å². The number of hydrogen-bond donors (Lipinski definition) is 0. The summed E-state index contributed by atoms with van der Waals surface area (Å²) in [4.78, 5) is 0.866. The van der Waals surface area contributed by atoms with Crippen LogP contribution in [0.2, 0.25) is 0 Å². The highest BCUT2D eigenvalue weighted by Gasteiger charge is 2.06. The van der Waals surface area contributed by atoms with Crippen molar-refractivity contribution in [2.24, 2.45) is 0 Å². The minimum absolute atomic E-state index is 0.866. The molecular weight excluding hydrogens is 276 g/mol. The molecule has 0 N–H and O–H groups in total. The lowest BCUT2D eigenvalue weighted by Crippen LogP contribution is -1.91. The normalized spacial score (nSPS) is 13.1. The van der Waals surface area contributed by atoms with E-state index in [4.69, 9.17) is 0 Å². The number of hydrogen-bond acceptors (Lipinski definition) is 1. The first-order valence-corrected chi connectivity index (χ1v) is 8.65. The Morgan fingerprint density at radius 3 is 2.33 bits per heavy atom. The zero-order chi connectivity index (χ0) is 15.1. The molecule has 1 atom stereocenters. The van der Waals surface area contributed by atoms with Gasteiger partial charge in [0, 0.05) is 10.3 Å². The van der Waals surface area contributed by atoms with Crippen LogP contribution in [-0.4, -0.2) is 4.21 Å². The fourth-order valence-corrected chi connectivity index (χ4v) is 3.21. The van der Waals surface area contributed by atoms with Crippen LogP contribution in [-0.2, 0) is 10.8 Å². The molecule has 2 heteroatoms. The molecule has 0 heterocycles.